The number of fused-ring (bicyclic) bond motifs is 1. The number of carbonyl (C=O) groups excluding carboxylic acids is 1. The summed E-state index contributed by atoms with van der Waals surface area (Å²) in [6.45, 7) is 0. The summed E-state index contributed by atoms with van der Waals surface area (Å²) in [4.78, 5) is 16.8. The van der Waals surface area contributed by atoms with E-state index in [2.05, 4.69) is 10.3 Å². The fourth-order valence-electron chi connectivity index (χ4n) is 2.80. The second-order valence-electron chi connectivity index (χ2n) is 5.60. The first kappa shape index (κ1) is 15.0. The number of anilines is 1. The highest BCUT2D eigenvalue weighted by molar-refractivity contribution is 6.09. The molecule has 0 saturated carbocycles. The molecule has 4 rings (SSSR count). The molecule has 0 aliphatic rings. The van der Waals surface area contributed by atoms with Gasteiger partial charge in [0, 0.05) is 24.0 Å². The van der Waals surface area contributed by atoms with Crippen LogP contribution in [0.3, 0.4) is 0 Å². The van der Waals surface area contributed by atoms with E-state index in [1.165, 1.54) is 0 Å². The van der Waals surface area contributed by atoms with Crippen LogP contribution < -0.4 is 5.32 Å². The van der Waals surface area contributed by atoms with Gasteiger partial charge in [-0.05, 0) is 36.4 Å². The van der Waals surface area contributed by atoms with Gasteiger partial charge in [0.15, 0.2) is 5.75 Å². The first-order valence-corrected chi connectivity index (χ1v) is 7.84. The number of aromatic hydroxyl groups is 1. The van der Waals surface area contributed by atoms with E-state index in [9.17, 15) is 9.90 Å². The normalized spacial score (nSPS) is 10.7. The van der Waals surface area contributed by atoms with Gasteiger partial charge in [0.05, 0.1) is 16.9 Å². The number of pyridine rings is 1. The molecule has 0 aliphatic carbocycles. The van der Waals surface area contributed by atoms with Crippen LogP contribution in [0.5, 0.6) is 5.75 Å². The fourth-order valence-corrected chi connectivity index (χ4v) is 2.80. The smallest absolute Gasteiger partial charge is 0.259 e. The van der Waals surface area contributed by atoms with Crippen LogP contribution in [-0.2, 0) is 0 Å². The lowest BCUT2D eigenvalue weighted by Gasteiger charge is -2.13. The number of amides is 1. The maximum atomic E-state index is 12.7. The van der Waals surface area contributed by atoms with Gasteiger partial charge in [-0.2, -0.15) is 0 Å². The number of hydrogen-bond acceptors (Lipinski definition) is 3. The highest BCUT2D eigenvalue weighted by atomic mass is 16.3. The molecule has 122 valence electrons. The first-order chi connectivity index (χ1) is 12.2. The summed E-state index contributed by atoms with van der Waals surface area (Å²) in [5, 5.41) is 14.1. The number of phenolic OH excluding ortho intramolecular Hbond substituents is 1. The van der Waals surface area contributed by atoms with Crippen LogP contribution in [0.4, 0.5) is 5.69 Å². The summed E-state index contributed by atoms with van der Waals surface area (Å²) < 4.78 is 1.91. The second-order valence-corrected chi connectivity index (χ2v) is 5.60. The van der Waals surface area contributed by atoms with Gasteiger partial charge in [-0.15, -0.1) is 0 Å². The average Bonchev–Trinajstić information content (AvgIpc) is 3.17. The Kier molecular flexibility index (Phi) is 3.67. The van der Waals surface area contributed by atoms with Gasteiger partial charge in [0.25, 0.3) is 5.91 Å². The third-order valence-electron chi connectivity index (χ3n) is 4.03. The van der Waals surface area contributed by atoms with Gasteiger partial charge in [0.1, 0.15) is 5.52 Å². The lowest BCUT2D eigenvalue weighted by Crippen LogP contribution is -2.14. The van der Waals surface area contributed by atoms with E-state index < -0.39 is 0 Å². The summed E-state index contributed by atoms with van der Waals surface area (Å²) in [5.74, 6) is -0.501. The Labute approximate surface area is 144 Å². The predicted molar refractivity (Wildman–Crippen MR) is 97.1 cm³/mol. The number of hydrogen-bond donors (Lipinski definition) is 2. The number of benzene rings is 2. The Morgan fingerprint density at radius 3 is 2.60 bits per heavy atom. The SMILES string of the molecule is O=C(Nc1ccccc1-n1cccc1)c1ccc2cccnc2c1O. The summed E-state index contributed by atoms with van der Waals surface area (Å²) in [7, 11) is 0. The summed E-state index contributed by atoms with van der Waals surface area (Å²) in [6.07, 6.45) is 5.40. The van der Waals surface area contributed by atoms with E-state index in [1.54, 1.807) is 24.4 Å². The molecule has 0 fully saturated rings. The molecule has 4 aromatic rings. The highest BCUT2D eigenvalue weighted by Gasteiger charge is 2.16. The van der Waals surface area contributed by atoms with Gasteiger partial charge < -0.3 is 15.0 Å². The van der Waals surface area contributed by atoms with Crippen molar-refractivity contribution in [2.24, 2.45) is 0 Å². The molecule has 0 bridgehead atoms. The number of rotatable bonds is 3. The molecule has 25 heavy (non-hydrogen) atoms. The van der Waals surface area contributed by atoms with Crippen LogP contribution in [0.25, 0.3) is 16.6 Å². The van der Waals surface area contributed by atoms with Gasteiger partial charge in [-0.25, -0.2) is 0 Å². The van der Waals surface area contributed by atoms with Crippen LogP contribution in [0.2, 0.25) is 0 Å². The Morgan fingerprint density at radius 1 is 0.960 bits per heavy atom. The zero-order chi connectivity index (χ0) is 17.2. The van der Waals surface area contributed by atoms with Gasteiger partial charge in [-0.1, -0.05) is 24.3 Å². The van der Waals surface area contributed by atoms with Crippen molar-refractivity contribution in [3.8, 4) is 11.4 Å². The molecule has 2 heterocycles. The Bertz CT molecular complexity index is 1060. The summed E-state index contributed by atoms with van der Waals surface area (Å²) in [6, 6.07) is 18.3. The largest absolute Gasteiger partial charge is 0.505 e. The molecule has 5 nitrogen and oxygen atoms in total. The number of carbonyl (C=O) groups is 1. The molecule has 2 N–H and O–H groups in total. The van der Waals surface area contributed by atoms with Gasteiger partial charge in [0.2, 0.25) is 0 Å². The average molecular weight is 329 g/mol. The predicted octanol–water partition coefficient (Wildman–Crippen LogP) is 3.98. The van der Waals surface area contributed by atoms with Crippen molar-refractivity contribution >= 4 is 22.5 Å². The van der Waals surface area contributed by atoms with E-state index in [0.29, 0.717) is 11.2 Å². The van der Waals surface area contributed by atoms with Gasteiger partial charge >= 0.3 is 0 Å². The van der Waals surface area contributed by atoms with Crippen molar-refractivity contribution < 1.29 is 9.90 Å². The van der Waals surface area contributed by atoms with Crippen molar-refractivity contribution in [3.05, 3.63) is 84.8 Å². The fraction of sp³-hybridized carbons (Fsp3) is 0. The van der Waals surface area contributed by atoms with Crippen LogP contribution in [0.15, 0.2) is 79.3 Å². The minimum atomic E-state index is -0.385. The second kappa shape index (κ2) is 6.13. The Hall–Kier alpha value is -3.60. The number of para-hydroxylation sites is 2. The monoisotopic (exact) mass is 329 g/mol. The molecule has 0 unspecified atom stereocenters. The number of phenols is 1. The Balaban J connectivity index is 1.71. The van der Waals surface area contributed by atoms with Crippen molar-refractivity contribution in [1.29, 1.82) is 0 Å². The zero-order valence-electron chi connectivity index (χ0n) is 13.3. The summed E-state index contributed by atoms with van der Waals surface area (Å²) >= 11 is 0. The molecule has 5 heteroatoms. The standard InChI is InChI=1S/C20H15N3O2/c24-19-15(10-9-14-6-5-11-21-18(14)19)20(25)22-16-7-1-2-8-17(16)23-12-3-4-13-23/h1-13,24H,(H,22,25). The van der Waals surface area contributed by atoms with E-state index in [1.807, 2.05) is 59.4 Å². The van der Waals surface area contributed by atoms with Crippen LogP contribution in [0.1, 0.15) is 10.4 Å². The maximum Gasteiger partial charge on any atom is 0.259 e. The topological polar surface area (TPSA) is 67.2 Å². The van der Waals surface area contributed by atoms with Crippen LogP contribution in [-0.4, -0.2) is 20.6 Å². The Morgan fingerprint density at radius 2 is 1.76 bits per heavy atom. The van der Waals surface area contributed by atoms with Crippen molar-refractivity contribution in [3.63, 3.8) is 0 Å². The molecule has 2 aromatic heterocycles. The van der Waals surface area contributed by atoms with E-state index in [-0.39, 0.29) is 17.2 Å². The highest BCUT2D eigenvalue weighted by Crippen LogP contribution is 2.28. The van der Waals surface area contributed by atoms with Crippen LogP contribution >= 0.6 is 0 Å². The molecule has 0 aliphatic heterocycles. The third kappa shape index (κ3) is 2.72. The maximum absolute atomic E-state index is 12.7. The molecule has 1 amide bonds. The van der Waals surface area contributed by atoms with E-state index in [0.717, 1.165) is 11.1 Å². The summed E-state index contributed by atoms with van der Waals surface area (Å²) in [5.41, 5.74) is 2.10. The van der Waals surface area contributed by atoms with Crippen LogP contribution in [0, 0.1) is 0 Å². The minimum Gasteiger partial charge on any atom is -0.505 e. The van der Waals surface area contributed by atoms with Crippen molar-refractivity contribution in [2.45, 2.75) is 0 Å². The lowest BCUT2D eigenvalue weighted by molar-refractivity contribution is 0.102. The lowest BCUT2D eigenvalue weighted by atomic mass is 10.1. The number of aromatic nitrogens is 2. The molecule has 0 atom stereocenters. The van der Waals surface area contributed by atoms with E-state index >= 15 is 0 Å². The zero-order valence-corrected chi connectivity index (χ0v) is 13.3. The first-order valence-electron chi connectivity index (χ1n) is 7.84. The number of nitrogens with one attached hydrogen (secondary N) is 1. The van der Waals surface area contributed by atoms with Crippen molar-refractivity contribution in [1.82, 2.24) is 9.55 Å². The third-order valence-corrected chi connectivity index (χ3v) is 4.03. The molecular formula is C20H15N3O2. The van der Waals surface area contributed by atoms with Crippen molar-refractivity contribution in [2.75, 3.05) is 5.32 Å². The molecule has 0 radical (unpaired) electrons. The van der Waals surface area contributed by atoms with E-state index in [4.69, 9.17) is 0 Å². The number of nitrogens with zero attached hydrogens (tertiary/aromatic N) is 2. The minimum absolute atomic E-state index is 0.117. The molecule has 0 saturated heterocycles. The quantitative estimate of drug-likeness (QED) is 0.597. The molecule has 0 spiro atoms. The molecular weight excluding hydrogens is 314 g/mol. The molecule has 2 aromatic carbocycles. The van der Waals surface area contributed by atoms with Gasteiger partial charge in [-0.3, -0.25) is 9.78 Å².